The van der Waals surface area contributed by atoms with Crippen molar-refractivity contribution in [3.05, 3.63) is 59.2 Å². The second-order valence-corrected chi connectivity index (χ2v) is 9.34. The highest BCUT2D eigenvalue weighted by Gasteiger charge is 2.32. The van der Waals surface area contributed by atoms with Gasteiger partial charge in [0.15, 0.2) is 0 Å². The van der Waals surface area contributed by atoms with Crippen LogP contribution in [-0.4, -0.2) is 87.4 Å². The molecular weight excluding hydrogens is 489 g/mol. The van der Waals surface area contributed by atoms with Crippen molar-refractivity contribution in [3.63, 3.8) is 0 Å². The van der Waals surface area contributed by atoms with Crippen LogP contribution in [0.25, 0.3) is 11.0 Å². The van der Waals surface area contributed by atoms with E-state index in [1.807, 2.05) is 11.0 Å². The molecule has 37 heavy (non-hydrogen) atoms. The molecule has 0 saturated carbocycles. The monoisotopic (exact) mass is 516 g/mol. The minimum atomic E-state index is -4.39. The maximum Gasteiger partial charge on any atom is 0.416 e. The minimum Gasteiger partial charge on any atom is -0.445 e. The number of carbonyl (C=O) groups excluding carboxylic acids is 2. The Kier molecular flexibility index (Phi) is 7.00. The zero-order valence-corrected chi connectivity index (χ0v) is 20.1. The first-order chi connectivity index (χ1) is 17.8. The molecule has 0 atom stereocenters. The van der Waals surface area contributed by atoms with E-state index in [-0.39, 0.29) is 12.5 Å². The highest BCUT2D eigenvalue weighted by Crippen LogP contribution is 2.29. The number of aromatic amines is 1. The average Bonchev–Trinajstić information content (AvgIpc) is 3.39. The van der Waals surface area contributed by atoms with E-state index in [9.17, 15) is 22.8 Å². The van der Waals surface area contributed by atoms with Gasteiger partial charge in [-0.3, -0.25) is 14.8 Å². The van der Waals surface area contributed by atoms with E-state index in [0.717, 1.165) is 30.5 Å². The third kappa shape index (κ3) is 5.68. The largest absolute Gasteiger partial charge is 0.445 e. The van der Waals surface area contributed by atoms with E-state index in [1.54, 1.807) is 17.0 Å². The van der Waals surface area contributed by atoms with Gasteiger partial charge in [0.1, 0.15) is 12.1 Å². The fourth-order valence-electron chi connectivity index (χ4n) is 4.89. The summed E-state index contributed by atoms with van der Waals surface area (Å²) in [6, 6.07) is 10.3. The predicted octanol–water partition coefficient (Wildman–Crippen LogP) is 3.54. The summed E-state index contributed by atoms with van der Waals surface area (Å²) in [7, 11) is 0. The summed E-state index contributed by atoms with van der Waals surface area (Å²) < 4.78 is 43.4. The molecule has 2 aliphatic rings. The van der Waals surface area contributed by atoms with Gasteiger partial charge in [0.25, 0.3) is 5.91 Å². The summed E-state index contributed by atoms with van der Waals surface area (Å²) in [5.41, 5.74) is 1.82. The Morgan fingerprint density at radius 2 is 1.65 bits per heavy atom. The lowest BCUT2D eigenvalue weighted by Crippen LogP contribution is -2.54. The standard InChI is InChI=1S/C25H27F3N6O3/c26-25(27,28)19-4-1-17(2-5-19)16-37-24(36)34-13-11-32(12-14-34)20-7-9-33(10-8-20)23(35)18-3-6-21-22(15-18)30-31-29-21/h1-6,15,20H,7-14,16H2,(H,29,30,31). The van der Waals surface area contributed by atoms with Gasteiger partial charge in [0.05, 0.1) is 11.1 Å². The molecule has 9 nitrogen and oxygen atoms in total. The zero-order valence-electron chi connectivity index (χ0n) is 20.1. The number of ether oxygens (including phenoxy) is 1. The lowest BCUT2D eigenvalue weighted by atomic mass is 10.0. The number of hydrogen-bond acceptors (Lipinski definition) is 6. The molecule has 0 radical (unpaired) electrons. The number of rotatable bonds is 4. The van der Waals surface area contributed by atoms with Crippen LogP contribution >= 0.6 is 0 Å². The number of hydrogen-bond donors (Lipinski definition) is 1. The van der Waals surface area contributed by atoms with Crippen LogP contribution < -0.4 is 0 Å². The molecule has 196 valence electrons. The highest BCUT2D eigenvalue weighted by molar-refractivity contribution is 5.97. The quantitative estimate of drug-likeness (QED) is 0.570. The first-order valence-corrected chi connectivity index (χ1v) is 12.2. The number of likely N-dealkylation sites (tertiary alicyclic amines) is 1. The van der Waals surface area contributed by atoms with Crippen LogP contribution in [0.1, 0.15) is 34.3 Å². The van der Waals surface area contributed by atoms with Crippen LogP contribution in [0.15, 0.2) is 42.5 Å². The minimum absolute atomic E-state index is 0.0102. The van der Waals surface area contributed by atoms with E-state index in [0.29, 0.717) is 62.0 Å². The normalized spacial score (nSPS) is 17.8. The first-order valence-electron chi connectivity index (χ1n) is 12.2. The number of aromatic nitrogens is 3. The smallest absolute Gasteiger partial charge is 0.416 e. The molecular formula is C25H27F3N6O3. The molecule has 2 amide bonds. The van der Waals surface area contributed by atoms with Crippen LogP contribution in [0.2, 0.25) is 0 Å². The fourth-order valence-corrected chi connectivity index (χ4v) is 4.89. The molecule has 3 heterocycles. The molecule has 0 bridgehead atoms. The molecule has 2 aliphatic heterocycles. The summed E-state index contributed by atoms with van der Waals surface area (Å²) >= 11 is 0. The van der Waals surface area contributed by atoms with Crippen LogP contribution in [0.3, 0.4) is 0 Å². The SMILES string of the molecule is O=C(OCc1ccc(C(F)(F)F)cc1)N1CCN(C2CCN(C(=O)c3ccc4[nH]nnc4c3)CC2)CC1. The highest BCUT2D eigenvalue weighted by atomic mass is 19.4. The van der Waals surface area contributed by atoms with Crippen LogP contribution in [-0.2, 0) is 17.5 Å². The summed E-state index contributed by atoms with van der Waals surface area (Å²) in [6.07, 6.45) is -3.15. The Bertz CT molecular complexity index is 1250. The van der Waals surface area contributed by atoms with Crippen molar-refractivity contribution in [2.24, 2.45) is 0 Å². The Balaban J connectivity index is 1.05. The van der Waals surface area contributed by atoms with E-state index in [2.05, 4.69) is 20.3 Å². The summed E-state index contributed by atoms with van der Waals surface area (Å²) in [6.45, 7) is 3.69. The maximum absolute atomic E-state index is 12.9. The number of halogens is 3. The van der Waals surface area contributed by atoms with Gasteiger partial charge in [-0.2, -0.15) is 13.2 Å². The van der Waals surface area contributed by atoms with E-state index < -0.39 is 17.8 Å². The van der Waals surface area contributed by atoms with Crippen molar-refractivity contribution in [3.8, 4) is 0 Å². The van der Waals surface area contributed by atoms with Crippen LogP contribution in [0, 0.1) is 0 Å². The van der Waals surface area contributed by atoms with Crippen molar-refractivity contribution >= 4 is 23.0 Å². The van der Waals surface area contributed by atoms with Crippen molar-refractivity contribution in [1.82, 2.24) is 30.1 Å². The number of carbonyl (C=O) groups is 2. The Morgan fingerprint density at radius 3 is 2.32 bits per heavy atom. The molecule has 5 rings (SSSR count). The molecule has 2 saturated heterocycles. The summed E-state index contributed by atoms with van der Waals surface area (Å²) in [5.74, 6) is -0.0102. The Morgan fingerprint density at radius 1 is 0.946 bits per heavy atom. The topological polar surface area (TPSA) is 94.7 Å². The van der Waals surface area contributed by atoms with Crippen molar-refractivity contribution in [2.75, 3.05) is 39.3 Å². The lowest BCUT2D eigenvalue weighted by molar-refractivity contribution is -0.137. The Labute approximate surface area is 211 Å². The molecule has 2 fully saturated rings. The van der Waals surface area contributed by atoms with Gasteiger partial charge >= 0.3 is 12.3 Å². The van der Waals surface area contributed by atoms with Gasteiger partial charge in [0.2, 0.25) is 0 Å². The van der Waals surface area contributed by atoms with Gasteiger partial charge in [-0.05, 0) is 48.7 Å². The number of benzene rings is 2. The number of piperazine rings is 1. The second-order valence-electron chi connectivity index (χ2n) is 9.34. The fraction of sp³-hybridized carbons (Fsp3) is 0.440. The van der Waals surface area contributed by atoms with Crippen LogP contribution in [0.4, 0.5) is 18.0 Å². The maximum atomic E-state index is 12.9. The number of H-pyrrole nitrogens is 1. The third-order valence-corrected chi connectivity index (χ3v) is 7.06. The average molecular weight is 517 g/mol. The second kappa shape index (κ2) is 10.4. The number of fused-ring (bicyclic) bond motifs is 1. The van der Waals surface area contributed by atoms with Gasteiger partial charge in [-0.1, -0.05) is 17.3 Å². The van der Waals surface area contributed by atoms with Crippen molar-refractivity contribution in [1.29, 1.82) is 0 Å². The van der Waals surface area contributed by atoms with Crippen LogP contribution in [0.5, 0.6) is 0 Å². The molecule has 0 spiro atoms. The molecule has 1 N–H and O–H groups in total. The van der Waals surface area contributed by atoms with Gasteiger partial charge < -0.3 is 14.5 Å². The number of nitrogens with one attached hydrogen (secondary N) is 1. The summed E-state index contributed by atoms with van der Waals surface area (Å²) in [5, 5.41) is 10.5. The van der Waals surface area contributed by atoms with E-state index >= 15 is 0 Å². The van der Waals surface area contributed by atoms with Crippen molar-refractivity contribution < 1.29 is 27.5 Å². The molecule has 2 aromatic carbocycles. The summed E-state index contributed by atoms with van der Waals surface area (Å²) in [4.78, 5) is 31.2. The van der Waals surface area contributed by atoms with Gasteiger partial charge in [-0.25, -0.2) is 4.79 Å². The number of alkyl halides is 3. The molecule has 12 heteroatoms. The van der Waals surface area contributed by atoms with E-state index in [4.69, 9.17) is 4.74 Å². The molecule has 0 aliphatic carbocycles. The number of piperidine rings is 1. The van der Waals surface area contributed by atoms with Crippen molar-refractivity contribution in [2.45, 2.75) is 31.7 Å². The number of nitrogens with zero attached hydrogens (tertiary/aromatic N) is 5. The molecule has 1 aromatic heterocycles. The lowest BCUT2D eigenvalue weighted by Gasteiger charge is -2.42. The van der Waals surface area contributed by atoms with E-state index in [1.165, 1.54) is 12.1 Å². The number of amides is 2. The first kappa shape index (κ1) is 25.0. The molecule has 3 aromatic rings. The zero-order chi connectivity index (χ0) is 26.0. The van der Waals surface area contributed by atoms with Gasteiger partial charge in [-0.15, -0.1) is 5.10 Å². The molecule has 0 unspecified atom stereocenters. The van der Waals surface area contributed by atoms with Gasteiger partial charge in [0, 0.05) is 50.9 Å². The third-order valence-electron chi connectivity index (χ3n) is 7.06. The predicted molar refractivity (Wildman–Crippen MR) is 128 cm³/mol. The Hall–Kier alpha value is -3.67.